The molecule has 1 saturated carbocycles. The maximum absolute atomic E-state index is 6.33. The van der Waals surface area contributed by atoms with Crippen molar-refractivity contribution in [2.24, 2.45) is 0 Å². The van der Waals surface area contributed by atoms with Crippen LogP contribution in [0.15, 0.2) is 24.3 Å². The third kappa shape index (κ3) is 4.50. The van der Waals surface area contributed by atoms with Crippen molar-refractivity contribution >= 4 is 0 Å². The van der Waals surface area contributed by atoms with Crippen molar-refractivity contribution in [3.05, 3.63) is 29.8 Å². The molecule has 0 saturated heterocycles. The van der Waals surface area contributed by atoms with Gasteiger partial charge in [0.25, 0.3) is 0 Å². The van der Waals surface area contributed by atoms with Gasteiger partial charge in [-0.25, -0.2) is 0 Å². The Labute approximate surface area is 122 Å². The molecule has 3 heteroatoms. The van der Waals surface area contributed by atoms with E-state index in [0.717, 1.165) is 12.3 Å². The highest BCUT2D eigenvalue weighted by Gasteiger charge is 2.22. The van der Waals surface area contributed by atoms with Crippen molar-refractivity contribution in [3.8, 4) is 5.75 Å². The summed E-state index contributed by atoms with van der Waals surface area (Å²) in [6.07, 6.45) is 5.51. The van der Waals surface area contributed by atoms with E-state index in [1.807, 2.05) is 12.1 Å². The minimum absolute atomic E-state index is 0.107. The predicted octanol–water partition coefficient (Wildman–Crippen LogP) is 3.69. The van der Waals surface area contributed by atoms with Gasteiger partial charge in [-0.15, -0.1) is 0 Å². The third-order valence-corrected chi connectivity index (χ3v) is 3.84. The van der Waals surface area contributed by atoms with Crippen molar-refractivity contribution in [1.29, 1.82) is 0 Å². The van der Waals surface area contributed by atoms with E-state index in [2.05, 4.69) is 31.3 Å². The Balaban J connectivity index is 2.06. The van der Waals surface area contributed by atoms with E-state index in [1.54, 1.807) is 7.11 Å². The van der Waals surface area contributed by atoms with Gasteiger partial charge in [0.2, 0.25) is 0 Å². The Morgan fingerprint density at radius 1 is 1.25 bits per heavy atom. The Kier molecular flexibility index (Phi) is 5.86. The molecule has 0 radical (unpaired) electrons. The average Bonchev–Trinajstić information content (AvgIpc) is 2.96. The molecule has 1 aromatic rings. The highest BCUT2D eigenvalue weighted by atomic mass is 16.5. The van der Waals surface area contributed by atoms with Crippen molar-refractivity contribution < 1.29 is 9.47 Å². The Morgan fingerprint density at radius 3 is 2.65 bits per heavy atom. The molecule has 2 rings (SSSR count). The van der Waals surface area contributed by atoms with E-state index in [9.17, 15) is 0 Å². The van der Waals surface area contributed by atoms with Crippen molar-refractivity contribution in [1.82, 2.24) is 5.32 Å². The van der Waals surface area contributed by atoms with Crippen LogP contribution in [0.4, 0.5) is 0 Å². The van der Waals surface area contributed by atoms with E-state index in [1.165, 1.54) is 31.2 Å². The maximum Gasteiger partial charge on any atom is 0.119 e. The Morgan fingerprint density at radius 2 is 2.00 bits per heavy atom. The van der Waals surface area contributed by atoms with Gasteiger partial charge in [0, 0.05) is 12.6 Å². The highest BCUT2D eigenvalue weighted by Crippen LogP contribution is 2.29. The van der Waals surface area contributed by atoms with E-state index >= 15 is 0 Å². The quantitative estimate of drug-likeness (QED) is 0.824. The fraction of sp³-hybridized carbons (Fsp3) is 0.647. The molecule has 1 unspecified atom stereocenters. The van der Waals surface area contributed by atoms with Crippen molar-refractivity contribution in [2.45, 2.75) is 57.8 Å². The molecule has 0 heterocycles. The summed E-state index contributed by atoms with van der Waals surface area (Å²) in [6.45, 7) is 5.18. The Bertz CT molecular complexity index is 400. The number of methoxy groups -OCH3 is 1. The second-order valence-electron chi connectivity index (χ2n) is 5.87. The van der Waals surface area contributed by atoms with Crippen LogP contribution in [-0.4, -0.2) is 25.8 Å². The molecule has 1 N–H and O–H groups in total. The lowest BCUT2D eigenvalue weighted by Crippen LogP contribution is -2.30. The number of hydrogen-bond acceptors (Lipinski definition) is 3. The molecule has 20 heavy (non-hydrogen) atoms. The zero-order valence-corrected chi connectivity index (χ0v) is 12.9. The van der Waals surface area contributed by atoms with Gasteiger partial charge in [0.15, 0.2) is 0 Å². The average molecular weight is 277 g/mol. The van der Waals surface area contributed by atoms with Gasteiger partial charge in [-0.2, -0.15) is 0 Å². The monoisotopic (exact) mass is 277 g/mol. The molecule has 0 aliphatic heterocycles. The molecule has 1 aliphatic carbocycles. The lowest BCUT2D eigenvalue weighted by atomic mass is 10.1. The van der Waals surface area contributed by atoms with Crippen LogP contribution in [0.2, 0.25) is 0 Å². The zero-order valence-electron chi connectivity index (χ0n) is 12.9. The van der Waals surface area contributed by atoms with E-state index < -0.39 is 0 Å². The third-order valence-electron chi connectivity index (χ3n) is 3.84. The topological polar surface area (TPSA) is 30.5 Å². The summed E-state index contributed by atoms with van der Waals surface area (Å²) in [4.78, 5) is 0. The van der Waals surface area contributed by atoms with Crippen LogP contribution >= 0.6 is 0 Å². The van der Waals surface area contributed by atoms with Crippen molar-refractivity contribution in [2.75, 3.05) is 13.7 Å². The molecule has 1 aromatic carbocycles. The van der Waals surface area contributed by atoms with Crippen molar-refractivity contribution in [3.63, 3.8) is 0 Å². The van der Waals surface area contributed by atoms with Crippen LogP contribution in [0.5, 0.6) is 5.75 Å². The first-order valence-electron chi connectivity index (χ1n) is 7.72. The summed E-state index contributed by atoms with van der Waals surface area (Å²) >= 11 is 0. The maximum atomic E-state index is 6.33. The van der Waals surface area contributed by atoms with Crippen LogP contribution in [-0.2, 0) is 4.74 Å². The lowest BCUT2D eigenvalue weighted by Gasteiger charge is -2.24. The second kappa shape index (κ2) is 7.65. The minimum Gasteiger partial charge on any atom is -0.497 e. The molecule has 112 valence electrons. The summed E-state index contributed by atoms with van der Waals surface area (Å²) in [5.41, 5.74) is 1.20. The Hall–Kier alpha value is -1.06. The molecule has 1 atom stereocenters. The van der Waals surface area contributed by atoms with Gasteiger partial charge in [-0.3, -0.25) is 0 Å². The van der Waals surface area contributed by atoms with Gasteiger partial charge in [-0.1, -0.05) is 38.8 Å². The summed E-state index contributed by atoms with van der Waals surface area (Å²) < 4.78 is 11.7. The standard InChI is InChI=1S/C17H27NO2/c1-13(2)18-12-17(20-15-8-4-5-9-15)14-7-6-10-16(11-14)19-3/h6-7,10-11,13,15,17-18H,4-5,8-9,12H2,1-3H3. The fourth-order valence-corrected chi connectivity index (χ4v) is 2.69. The lowest BCUT2D eigenvalue weighted by molar-refractivity contribution is -0.00966. The predicted molar refractivity (Wildman–Crippen MR) is 82.2 cm³/mol. The van der Waals surface area contributed by atoms with E-state index in [-0.39, 0.29) is 6.10 Å². The summed E-state index contributed by atoms with van der Waals surface area (Å²) in [7, 11) is 1.71. The molecular weight excluding hydrogens is 250 g/mol. The number of rotatable bonds is 7. The summed E-state index contributed by atoms with van der Waals surface area (Å²) in [5.74, 6) is 0.895. The van der Waals surface area contributed by atoms with Gasteiger partial charge in [0.1, 0.15) is 5.75 Å². The first-order valence-corrected chi connectivity index (χ1v) is 7.72. The van der Waals surface area contributed by atoms with Gasteiger partial charge < -0.3 is 14.8 Å². The normalized spacial score (nSPS) is 17.6. The van der Waals surface area contributed by atoms with E-state index in [0.29, 0.717) is 12.1 Å². The molecule has 0 spiro atoms. The van der Waals surface area contributed by atoms with Crippen LogP contribution < -0.4 is 10.1 Å². The smallest absolute Gasteiger partial charge is 0.119 e. The van der Waals surface area contributed by atoms with Gasteiger partial charge >= 0.3 is 0 Å². The minimum atomic E-state index is 0.107. The second-order valence-corrected chi connectivity index (χ2v) is 5.87. The fourth-order valence-electron chi connectivity index (χ4n) is 2.69. The number of hydrogen-bond donors (Lipinski definition) is 1. The SMILES string of the molecule is COc1cccc(C(CNC(C)C)OC2CCCC2)c1. The molecule has 3 nitrogen and oxygen atoms in total. The molecule has 0 bridgehead atoms. The molecular formula is C17H27NO2. The largest absolute Gasteiger partial charge is 0.497 e. The number of nitrogens with one attached hydrogen (secondary N) is 1. The van der Waals surface area contributed by atoms with Gasteiger partial charge in [0.05, 0.1) is 19.3 Å². The molecule has 1 fully saturated rings. The van der Waals surface area contributed by atoms with Crippen LogP contribution in [0.1, 0.15) is 51.2 Å². The molecule has 1 aliphatic rings. The van der Waals surface area contributed by atoms with Crippen LogP contribution in [0.25, 0.3) is 0 Å². The van der Waals surface area contributed by atoms with Crippen LogP contribution in [0.3, 0.4) is 0 Å². The summed E-state index contributed by atoms with van der Waals surface area (Å²) in [5, 5.41) is 3.49. The highest BCUT2D eigenvalue weighted by molar-refractivity contribution is 5.30. The number of ether oxygens (including phenoxy) is 2. The van der Waals surface area contributed by atoms with Gasteiger partial charge in [-0.05, 0) is 30.5 Å². The number of benzene rings is 1. The molecule has 0 amide bonds. The zero-order chi connectivity index (χ0) is 14.4. The van der Waals surface area contributed by atoms with E-state index in [4.69, 9.17) is 9.47 Å². The molecule has 0 aromatic heterocycles. The summed E-state index contributed by atoms with van der Waals surface area (Å²) in [6, 6.07) is 8.70. The van der Waals surface area contributed by atoms with Crippen LogP contribution in [0, 0.1) is 0 Å². The first kappa shape index (κ1) is 15.3. The first-order chi connectivity index (χ1) is 9.69.